The summed E-state index contributed by atoms with van der Waals surface area (Å²) in [6.45, 7) is 5.06. The van der Waals surface area contributed by atoms with Gasteiger partial charge in [-0.25, -0.2) is 0 Å². The van der Waals surface area contributed by atoms with Gasteiger partial charge in [0.2, 0.25) is 0 Å². The molecule has 0 spiro atoms. The van der Waals surface area contributed by atoms with E-state index in [1.807, 2.05) is 6.20 Å². The molecule has 4 atom stereocenters. The lowest BCUT2D eigenvalue weighted by Crippen LogP contribution is -2.23. The topological polar surface area (TPSA) is 34.1 Å². The first-order valence-electron chi connectivity index (χ1n) is 7.93. The number of methoxy groups -OCH3 is 1. The molecule has 2 bridgehead atoms. The van der Waals surface area contributed by atoms with E-state index < -0.39 is 0 Å². The Bertz CT molecular complexity index is 526. The predicted molar refractivity (Wildman–Crippen MR) is 78.7 cm³/mol. The molecule has 3 aliphatic rings. The van der Waals surface area contributed by atoms with Gasteiger partial charge < -0.3 is 10.1 Å². The standard InChI is InChI=1S/C17H24N2O/c1-9-7-18-13(10(2)17(9)20-3)8-19-16-14-11-4-5-12(6-11)15(14)16/h7,11-12,14-16,19H,4-6,8H2,1-3H3. The second kappa shape index (κ2) is 4.45. The van der Waals surface area contributed by atoms with Crippen molar-refractivity contribution in [2.45, 2.75) is 45.7 Å². The Morgan fingerprint density at radius 2 is 1.95 bits per heavy atom. The summed E-state index contributed by atoms with van der Waals surface area (Å²) in [6.07, 6.45) is 6.42. The van der Waals surface area contributed by atoms with Crippen LogP contribution >= 0.6 is 0 Å². The fourth-order valence-corrected chi connectivity index (χ4v) is 5.06. The minimum atomic E-state index is 0.773. The van der Waals surface area contributed by atoms with Gasteiger partial charge in [0.1, 0.15) is 5.75 Å². The lowest BCUT2D eigenvalue weighted by Gasteiger charge is -2.14. The highest BCUT2D eigenvalue weighted by Gasteiger charge is 2.64. The van der Waals surface area contributed by atoms with Crippen molar-refractivity contribution in [1.82, 2.24) is 10.3 Å². The van der Waals surface area contributed by atoms with Crippen molar-refractivity contribution in [3.05, 3.63) is 23.0 Å². The van der Waals surface area contributed by atoms with Crippen LogP contribution in [0.3, 0.4) is 0 Å². The fourth-order valence-electron chi connectivity index (χ4n) is 5.06. The molecule has 1 aromatic heterocycles. The van der Waals surface area contributed by atoms with Gasteiger partial charge in [0, 0.05) is 29.9 Å². The molecule has 1 heterocycles. The minimum Gasteiger partial charge on any atom is -0.496 e. The van der Waals surface area contributed by atoms with E-state index >= 15 is 0 Å². The van der Waals surface area contributed by atoms with Crippen LogP contribution in [0, 0.1) is 37.5 Å². The van der Waals surface area contributed by atoms with Gasteiger partial charge >= 0.3 is 0 Å². The number of rotatable bonds is 4. The third-order valence-corrected chi connectivity index (χ3v) is 5.99. The zero-order valence-electron chi connectivity index (χ0n) is 12.6. The average molecular weight is 272 g/mol. The van der Waals surface area contributed by atoms with Gasteiger partial charge in [0.15, 0.2) is 0 Å². The molecule has 0 aliphatic heterocycles. The molecule has 4 rings (SSSR count). The quantitative estimate of drug-likeness (QED) is 0.915. The normalized spacial score (nSPS) is 37.0. The van der Waals surface area contributed by atoms with Crippen molar-refractivity contribution < 1.29 is 4.74 Å². The van der Waals surface area contributed by atoms with E-state index in [4.69, 9.17) is 4.74 Å². The summed E-state index contributed by atoms with van der Waals surface area (Å²) in [5.41, 5.74) is 3.45. The molecule has 0 saturated heterocycles. The number of pyridine rings is 1. The van der Waals surface area contributed by atoms with Crippen LogP contribution in [0.15, 0.2) is 6.20 Å². The van der Waals surface area contributed by atoms with Gasteiger partial charge in [0.05, 0.1) is 12.8 Å². The van der Waals surface area contributed by atoms with Crippen molar-refractivity contribution in [1.29, 1.82) is 0 Å². The van der Waals surface area contributed by atoms with E-state index in [0.717, 1.165) is 53.3 Å². The fraction of sp³-hybridized carbons (Fsp3) is 0.706. The van der Waals surface area contributed by atoms with E-state index in [-0.39, 0.29) is 0 Å². The largest absolute Gasteiger partial charge is 0.496 e. The van der Waals surface area contributed by atoms with E-state index in [1.54, 1.807) is 7.11 Å². The third kappa shape index (κ3) is 1.72. The van der Waals surface area contributed by atoms with Gasteiger partial charge in [-0.05, 0) is 56.8 Å². The smallest absolute Gasteiger partial charge is 0.128 e. The van der Waals surface area contributed by atoms with Crippen molar-refractivity contribution in [2.24, 2.45) is 23.7 Å². The number of aromatic nitrogens is 1. The molecule has 3 aliphatic carbocycles. The summed E-state index contributed by atoms with van der Waals surface area (Å²) in [5, 5.41) is 3.77. The number of hydrogen-bond donors (Lipinski definition) is 1. The van der Waals surface area contributed by atoms with Gasteiger partial charge in [-0.2, -0.15) is 0 Å². The highest BCUT2D eigenvalue weighted by molar-refractivity contribution is 5.41. The summed E-state index contributed by atoms with van der Waals surface area (Å²) in [4.78, 5) is 4.59. The van der Waals surface area contributed by atoms with Gasteiger partial charge in [-0.1, -0.05) is 0 Å². The molecule has 3 heteroatoms. The molecule has 0 aromatic carbocycles. The highest BCUT2D eigenvalue weighted by Crippen LogP contribution is 2.65. The number of nitrogens with one attached hydrogen (secondary N) is 1. The van der Waals surface area contributed by atoms with Crippen LogP contribution in [-0.4, -0.2) is 18.1 Å². The average Bonchev–Trinajstić information content (AvgIpc) is 2.83. The molecule has 1 N–H and O–H groups in total. The molecule has 1 aromatic rings. The Morgan fingerprint density at radius 3 is 2.60 bits per heavy atom. The summed E-state index contributed by atoms with van der Waals surface area (Å²) >= 11 is 0. The monoisotopic (exact) mass is 272 g/mol. The van der Waals surface area contributed by atoms with Gasteiger partial charge in [-0.15, -0.1) is 0 Å². The van der Waals surface area contributed by atoms with Crippen molar-refractivity contribution in [3.8, 4) is 5.75 Å². The summed E-state index contributed by atoms with van der Waals surface area (Å²) in [5.74, 6) is 5.03. The van der Waals surface area contributed by atoms with Crippen LogP contribution in [0.2, 0.25) is 0 Å². The molecule has 4 unspecified atom stereocenters. The first kappa shape index (κ1) is 12.6. The van der Waals surface area contributed by atoms with Crippen molar-refractivity contribution in [2.75, 3.05) is 7.11 Å². The maximum Gasteiger partial charge on any atom is 0.128 e. The first-order valence-corrected chi connectivity index (χ1v) is 7.93. The number of nitrogens with zero attached hydrogens (tertiary/aromatic N) is 1. The van der Waals surface area contributed by atoms with Crippen LogP contribution < -0.4 is 10.1 Å². The second-order valence-corrected chi connectivity index (χ2v) is 6.94. The number of aryl methyl sites for hydroxylation is 1. The van der Waals surface area contributed by atoms with Crippen LogP contribution in [0.1, 0.15) is 36.1 Å². The molecule has 20 heavy (non-hydrogen) atoms. The summed E-state index contributed by atoms with van der Waals surface area (Å²) in [6, 6.07) is 0.773. The maximum absolute atomic E-state index is 5.49. The van der Waals surface area contributed by atoms with Crippen molar-refractivity contribution >= 4 is 0 Å². The number of ether oxygens (including phenoxy) is 1. The zero-order chi connectivity index (χ0) is 13.9. The maximum atomic E-state index is 5.49. The molecule has 108 valence electrons. The SMILES string of the molecule is COc1c(C)cnc(CNC2C3C4CCC(C4)C23)c1C. The Kier molecular flexibility index (Phi) is 2.81. The Labute approximate surface area is 121 Å². The van der Waals surface area contributed by atoms with E-state index in [1.165, 1.54) is 24.8 Å². The van der Waals surface area contributed by atoms with Crippen LogP contribution in [0.4, 0.5) is 0 Å². The van der Waals surface area contributed by atoms with Gasteiger partial charge in [0.25, 0.3) is 0 Å². The molecule has 3 fully saturated rings. The highest BCUT2D eigenvalue weighted by atomic mass is 16.5. The molecule has 3 saturated carbocycles. The molecular formula is C17H24N2O. The minimum absolute atomic E-state index is 0.773. The lowest BCUT2D eigenvalue weighted by molar-refractivity contribution is 0.405. The summed E-state index contributed by atoms with van der Waals surface area (Å²) in [7, 11) is 1.75. The van der Waals surface area contributed by atoms with Gasteiger partial charge in [-0.3, -0.25) is 4.98 Å². The van der Waals surface area contributed by atoms with E-state index in [9.17, 15) is 0 Å². The first-order chi connectivity index (χ1) is 9.70. The number of hydrogen-bond acceptors (Lipinski definition) is 3. The van der Waals surface area contributed by atoms with Crippen LogP contribution in [0.5, 0.6) is 5.75 Å². The Hall–Kier alpha value is -1.09. The molecule has 0 radical (unpaired) electrons. The van der Waals surface area contributed by atoms with E-state index in [2.05, 4.69) is 24.1 Å². The molecular weight excluding hydrogens is 248 g/mol. The third-order valence-electron chi connectivity index (χ3n) is 5.99. The van der Waals surface area contributed by atoms with Crippen LogP contribution in [-0.2, 0) is 6.54 Å². The second-order valence-electron chi connectivity index (χ2n) is 6.94. The Balaban J connectivity index is 1.44. The number of fused-ring (bicyclic) bond motifs is 5. The lowest BCUT2D eigenvalue weighted by atomic mass is 10.0. The van der Waals surface area contributed by atoms with Crippen LogP contribution in [0.25, 0.3) is 0 Å². The zero-order valence-corrected chi connectivity index (χ0v) is 12.6. The summed E-state index contributed by atoms with van der Waals surface area (Å²) < 4.78 is 5.49. The molecule has 0 amide bonds. The van der Waals surface area contributed by atoms with Crippen molar-refractivity contribution in [3.63, 3.8) is 0 Å². The molecule has 3 nitrogen and oxygen atoms in total. The Morgan fingerprint density at radius 1 is 1.25 bits per heavy atom. The predicted octanol–water partition coefficient (Wildman–Crippen LogP) is 2.84. The van der Waals surface area contributed by atoms with E-state index in [0.29, 0.717) is 0 Å².